The molecule has 1 aliphatic heterocycles. The molecule has 2 heteroatoms. The predicted octanol–water partition coefficient (Wildman–Crippen LogP) is 3.13. The Labute approximate surface area is 108 Å². The molecule has 0 aliphatic carbocycles. The predicted molar refractivity (Wildman–Crippen MR) is 76.4 cm³/mol. The van der Waals surface area contributed by atoms with Crippen LogP contribution in [-0.4, -0.2) is 36.6 Å². The summed E-state index contributed by atoms with van der Waals surface area (Å²) in [7, 11) is 0. The Morgan fingerprint density at radius 1 is 1.06 bits per heavy atom. The first-order valence-electron chi connectivity index (χ1n) is 7.51. The average molecular weight is 240 g/mol. The maximum absolute atomic E-state index is 3.42. The van der Waals surface area contributed by atoms with E-state index < -0.39 is 0 Å². The lowest BCUT2D eigenvalue weighted by Gasteiger charge is -2.44. The van der Waals surface area contributed by atoms with Crippen LogP contribution in [0.2, 0.25) is 0 Å². The van der Waals surface area contributed by atoms with Crippen LogP contribution in [0, 0.1) is 11.8 Å². The molecule has 1 saturated heterocycles. The highest BCUT2D eigenvalue weighted by molar-refractivity contribution is 4.89. The molecule has 1 N–H and O–H groups in total. The van der Waals surface area contributed by atoms with Gasteiger partial charge in [0, 0.05) is 25.2 Å². The SMILES string of the molecule is CCCN(C1CNC1)C(CC(C)C)CC(C)C. The fourth-order valence-corrected chi connectivity index (χ4v) is 2.88. The minimum Gasteiger partial charge on any atom is -0.314 e. The van der Waals surface area contributed by atoms with Gasteiger partial charge in [0.2, 0.25) is 0 Å². The Bertz CT molecular complexity index is 187. The van der Waals surface area contributed by atoms with E-state index in [1.807, 2.05) is 0 Å². The van der Waals surface area contributed by atoms with Gasteiger partial charge in [-0.05, 0) is 37.6 Å². The third-order valence-electron chi connectivity index (χ3n) is 3.67. The topological polar surface area (TPSA) is 15.3 Å². The van der Waals surface area contributed by atoms with Crippen molar-refractivity contribution in [3.8, 4) is 0 Å². The lowest BCUT2D eigenvalue weighted by molar-refractivity contribution is 0.0709. The quantitative estimate of drug-likeness (QED) is 0.701. The van der Waals surface area contributed by atoms with Crippen LogP contribution in [0.3, 0.4) is 0 Å². The van der Waals surface area contributed by atoms with Crippen molar-refractivity contribution in [3.63, 3.8) is 0 Å². The molecule has 0 aromatic rings. The van der Waals surface area contributed by atoms with E-state index in [4.69, 9.17) is 0 Å². The molecule has 1 heterocycles. The van der Waals surface area contributed by atoms with Gasteiger partial charge in [-0.3, -0.25) is 4.90 Å². The second kappa shape index (κ2) is 7.38. The highest BCUT2D eigenvalue weighted by Crippen LogP contribution is 2.23. The first-order chi connectivity index (χ1) is 8.04. The zero-order chi connectivity index (χ0) is 12.8. The Kier molecular flexibility index (Phi) is 6.50. The second-order valence-corrected chi connectivity index (χ2v) is 6.46. The van der Waals surface area contributed by atoms with E-state index in [0.29, 0.717) is 0 Å². The molecule has 17 heavy (non-hydrogen) atoms. The fraction of sp³-hybridized carbons (Fsp3) is 1.00. The normalized spacial score (nSPS) is 17.5. The van der Waals surface area contributed by atoms with E-state index in [2.05, 4.69) is 44.8 Å². The molecule has 0 atom stereocenters. The molecule has 0 bridgehead atoms. The smallest absolute Gasteiger partial charge is 0.0348 e. The van der Waals surface area contributed by atoms with E-state index in [1.165, 1.54) is 38.9 Å². The van der Waals surface area contributed by atoms with Gasteiger partial charge < -0.3 is 5.32 Å². The summed E-state index contributed by atoms with van der Waals surface area (Å²) >= 11 is 0. The van der Waals surface area contributed by atoms with Crippen molar-refractivity contribution in [3.05, 3.63) is 0 Å². The summed E-state index contributed by atoms with van der Waals surface area (Å²) in [6.45, 7) is 15.4. The summed E-state index contributed by atoms with van der Waals surface area (Å²) in [6.07, 6.45) is 3.99. The van der Waals surface area contributed by atoms with Crippen LogP contribution in [0.1, 0.15) is 53.9 Å². The summed E-state index contributed by atoms with van der Waals surface area (Å²) in [5.41, 5.74) is 0. The highest BCUT2D eigenvalue weighted by Gasteiger charge is 2.30. The van der Waals surface area contributed by atoms with Crippen LogP contribution < -0.4 is 5.32 Å². The van der Waals surface area contributed by atoms with Crippen molar-refractivity contribution in [1.82, 2.24) is 10.2 Å². The monoisotopic (exact) mass is 240 g/mol. The summed E-state index contributed by atoms with van der Waals surface area (Å²) < 4.78 is 0. The van der Waals surface area contributed by atoms with Crippen LogP contribution in [0.25, 0.3) is 0 Å². The zero-order valence-electron chi connectivity index (χ0n) is 12.5. The molecule has 2 nitrogen and oxygen atoms in total. The number of rotatable bonds is 8. The number of hydrogen-bond donors (Lipinski definition) is 1. The summed E-state index contributed by atoms with van der Waals surface area (Å²) in [5.74, 6) is 1.62. The zero-order valence-corrected chi connectivity index (χ0v) is 12.5. The van der Waals surface area contributed by atoms with Crippen molar-refractivity contribution in [2.24, 2.45) is 11.8 Å². The standard InChI is InChI=1S/C15H32N2/c1-6-7-17(15-10-16-11-15)14(8-12(2)3)9-13(4)5/h12-16H,6-11H2,1-5H3. The van der Waals surface area contributed by atoms with Gasteiger partial charge in [-0.1, -0.05) is 34.6 Å². The summed E-state index contributed by atoms with van der Waals surface area (Å²) in [4.78, 5) is 2.79. The minimum absolute atomic E-state index is 0.794. The first-order valence-corrected chi connectivity index (χ1v) is 7.51. The van der Waals surface area contributed by atoms with Crippen LogP contribution in [-0.2, 0) is 0 Å². The minimum atomic E-state index is 0.794. The molecule has 0 spiro atoms. The van der Waals surface area contributed by atoms with Crippen LogP contribution >= 0.6 is 0 Å². The van der Waals surface area contributed by atoms with Crippen LogP contribution in [0.15, 0.2) is 0 Å². The van der Waals surface area contributed by atoms with Crippen LogP contribution in [0.5, 0.6) is 0 Å². The highest BCUT2D eigenvalue weighted by atomic mass is 15.3. The van der Waals surface area contributed by atoms with Gasteiger partial charge >= 0.3 is 0 Å². The van der Waals surface area contributed by atoms with E-state index >= 15 is 0 Å². The van der Waals surface area contributed by atoms with E-state index in [-0.39, 0.29) is 0 Å². The lowest BCUT2D eigenvalue weighted by Crippen LogP contribution is -2.60. The molecular weight excluding hydrogens is 208 g/mol. The van der Waals surface area contributed by atoms with Gasteiger partial charge in [0.15, 0.2) is 0 Å². The van der Waals surface area contributed by atoms with Gasteiger partial charge in [-0.15, -0.1) is 0 Å². The Morgan fingerprint density at radius 2 is 1.59 bits per heavy atom. The molecule has 0 saturated carbocycles. The number of nitrogens with one attached hydrogen (secondary N) is 1. The van der Waals surface area contributed by atoms with Crippen molar-refractivity contribution >= 4 is 0 Å². The van der Waals surface area contributed by atoms with Crippen LogP contribution in [0.4, 0.5) is 0 Å². The molecule has 0 aromatic heterocycles. The molecule has 102 valence electrons. The Hall–Kier alpha value is -0.0800. The average Bonchev–Trinajstić information content (AvgIpc) is 2.11. The largest absolute Gasteiger partial charge is 0.314 e. The lowest BCUT2D eigenvalue weighted by atomic mass is 9.92. The maximum atomic E-state index is 3.42. The molecular formula is C15H32N2. The summed E-state index contributed by atoms with van der Waals surface area (Å²) in [5, 5.41) is 3.42. The molecule has 1 fully saturated rings. The van der Waals surface area contributed by atoms with Crippen molar-refractivity contribution in [2.75, 3.05) is 19.6 Å². The molecule has 1 aliphatic rings. The Morgan fingerprint density at radius 3 is 1.88 bits per heavy atom. The second-order valence-electron chi connectivity index (χ2n) is 6.46. The van der Waals surface area contributed by atoms with Gasteiger partial charge in [0.05, 0.1) is 0 Å². The van der Waals surface area contributed by atoms with E-state index in [0.717, 1.165) is 23.9 Å². The third-order valence-corrected chi connectivity index (χ3v) is 3.67. The van der Waals surface area contributed by atoms with Gasteiger partial charge in [0.25, 0.3) is 0 Å². The molecule has 0 unspecified atom stereocenters. The molecule has 0 amide bonds. The van der Waals surface area contributed by atoms with Gasteiger partial charge in [-0.2, -0.15) is 0 Å². The van der Waals surface area contributed by atoms with Gasteiger partial charge in [-0.25, -0.2) is 0 Å². The van der Waals surface area contributed by atoms with E-state index in [9.17, 15) is 0 Å². The Balaban J connectivity index is 2.60. The fourth-order valence-electron chi connectivity index (χ4n) is 2.88. The molecule has 1 rings (SSSR count). The maximum Gasteiger partial charge on any atom is 0.0348 e. The van der Waals surface area contributed by atoms with Crippen molar-refractivity contribution in [1.29, 1.82) is 0 Å². The van der Waals surface area contributed by atoms with Gasteiger partial charge in [0.1, 0.15) is 0 Å². The van der Waals surface area contributed by atoms with E-state index in [1.54, 1.807) is 0 Å². The number of hydrogen-bond acceptors (Lipinski definition) is 2. The molecule has 0 aromatic carbocycles. The van der Waals surface area contributed by atoms with Crippen molar-refractivity contribution in [2.45, 2.75) is 66.0 Å². The first kappa shape index (κ1) is 15.0. The van der Waals surface area contributed by atoms with Crippen molar-refractivity contribution < 1.29 is 0 Å². The number of nitrogens with zero attached hydrogens (tertiary/aromatic N) is 1. The summed E-state index contributed by atoms with van der Waals surface area (Å²) in [6, 6.07) is 1.60. The third kappa shape index (κ3) is 4.97. The molecule has 0 radical (unpaired) electrons.